The van der Waals surface area contributed by atoms with Crippen LogP contribution in [0.15, 0.2) is 12.2 Å². The monoisotopic (exact) mass is 677 g/mol. The van der Waals surface area contributed by atoms with Gasteiger partial charge in [-0.2, -0.15) is 0 Å². The highest BCUT2D eigenvalue weighted by Crippen LogP contribution is 2.16. The van der Waals surface area contributed by atoms with Crippen LogP contribution in [0.2, 0.25) is 0 Å². The summed E-state index contributed by atoms with van der Waals surface area (Å²) in [4.78, 5) is 23.7. The van der Waals surface area contributed by atoms with E-state index in [1.807, 2.05) is 0 Å². The third-order valence-electron chi connectivity index (χ3n) is 9.70. The van der Waals surface area contributed by atoms with Gasteiger partial charge in [0, 0.05) is 12.2 Å². The topological polar surface area (TPSA) is 52.6 Å². The van der Waals surface area contributed by atoms with E-state index in [0.717, 1.165) is 37.5 Å². The molecule has 0 aliphatic rings. The van der Waals surface area contributed by atoms with Crippen molar-refractivity contribution >= 4 is 11.9 Å². The van der Waals surface area contributed by atoms with Crippen LogP contribution in [-0.2, 0) is 19.1 Å². The fourth-order valence-corrected chi connectivity index (χ4v) is 6.48. The van der Waals surface area contributed by atoms with Crippen molar-refractivity contribution in [2.45, 2.75) is 233 Å². The van der Waals surface area contributed by atoms with Gasteiger partial charge < -0.3 is 9.47 Å². The van der Waals surface area contributed by atoms with Crippen molar-refractivity contribution in [3.8, 4) is 0 Å². The molecule has 0 fully saturated rings. The smallest absolute Gasteiger partial charge is 0.331 e. The van der Waals surface area contributed by atoms with Crippen LogP contribution in [0.4, 0.5) is 0 Å². The van der Waals surface area contributed by atoms with Crippen LogP contribution in [0.5, 0.6) is 0 Å². The fourth-order valence-electron chi connectivity index (χ4n) is 6.48. The Morgan fingerprint density at radius 3 is 0.729 bits per heavy atom. The molecule has 0 aromatic carbocycles. The van der Waals surface area contributed by atoms with Gasteiger partial charge in [-0.15, -0.1) is 0 Å². The van der Waals surface area contributed by atoms with Crippen molar-refractivity contribution in [2.75, 3.05) is 13.2 Å². The second-order valence-corrected chi connectivity index (χ2v) is 15.6. The van der Waals surface area contributed by atoms with Crippen LogP contribution in [0.25, 0.3) is 0 Å². The predicted octanol–water partition coefficient (Wildman–Crippen LogP) is 14.4. The lowest BCUT2D eigenvalue weighted by atomic mass is 10.0. The van der Waals surface area contributed by atoms with Gasteiger partial charge in [-0.3, -0.25) is 0 Å². The summed E-state index contributed by atoms with van der Waals surface area (Å²) >= 11 is 0. The molecule has 0 saturated carbocycles. The molecule has 4 nitrogen and oxygen atoms in total. The Morgan fingerprint density at radius 1 is 0.333 bits per heavy atom. The van der Waals surface area contributed by atoms with Crippen LogP contribution in [-0.4, -0.2) is 25.2 Å². The van der Waals surface area contributed by atoms with E-state index in [-0.39, 0.29) is 0 Å². The highest BCUT2D eigenvalue weighted by Gasteiger charge is 2.02. The van der Waals surface area contributed by atoms with Crippen molar-refractivity contribution in [2.24, 2.45) is 11.8 Å². The van der Waals surface area contributed by atoms with Gasteiger partial charge in [0.1, 0.15) is 0 Å². The first-order valence-corrected chi connectivity index (χ1v) is 21.4. The Morgan fingerprint density at radius 2 is 0.521 bits per heavy atom. The van der Waals surface area contributed by atoms with Crippen LogP contribution in [0, 0.1) is 11.8 Å². The molecule has 0 rings (SSSR count). The second kappa shape index (κ2) is 38.5. The average molecular weight is 677 g/mol. The molecule has 0 atom stereocenters. The van der Waals surface area contributed by atoms with E-state index in [1.54, 1.807) is 0 Å². The Hall–Kier alpha value is -1.32. The molecule has 0 aromatic rings. The molecule has 0 aliphatic carbocycles. The van der Waals surface area contributed by atoms with Gasteiger partial charge in [0.25, 0.3) is 0 Å². The van der Waals surface area contributed by atoms with Crippen molar-refractivity contribution < 1.29 is 19.1 Å². The molecular formula is C44H84O4. The molecule has 0 aromatic heterocycles. The molecule has 284 valence electrons. The molecule has 4 heteroatoms. The highest BCUT2D eigenvalue weighted by atomic mass is 16.5. The number of hydrogen-bond donors (Lipinski definition) is 0. The SMILES string of the molecule is CC(C)CCCCCCCCCCCCCCCCCOC(=O)C=CC(=O)OCCCCCCCCCCCCCCCCCC(C)C. The Bertz CT molecular complexity index is 640. The lowest BCUT2D eigenvalue weighted by Crippen LogP contribution is -2.06. The number of carbonyl (C=O) groups excluding carboxylic acids is 2. The number of hydrogen-bond acceptors (Lipinski definition) is 4. The van der Waals surface area contributed by atoms with E-state index < -0.39 is 11.9 Å². The molecule has 0 aliphatic heterocycles. The lowest BCUT2D eigenvalue weighted by molar-refractivity contribution is -0.140. The summed E-state index contributed by atoms with van der Waals surface area (Å²) in [5, 5.41) is 0. The summed E-state index contributed by atoms with van der Waals surface area (Å²) in [6, 6.07) is 0. The summed E-state index contributed by atoms with van der Waals surface area (Å²) in [6.07, 6.45) is 44.8. The third kappa shape index (κ3) is 40.9. The standard InChI is InChI=1S/C44H84O4/c1-41(2)35-31-27-23-19-15-11-7-5-9-13-17-21-25-29-33-39-47-43(45)37-38-44(46)48-40-34-30-26-22-18-14-10-6-8-12-16-20-24-28-32-36-42(3)4/h37-38,41-42H,5-36,39-40H2,1-4H3. The first-order chi connectivity index (χ1) is 23.4. The molecule has 0 amide bonds. The van der Waals surface area contributed by atoms with Gasteiger partial charge in [-0.1, -0.05) is 220 Å². The number of rotatable bonds is 38. The van der Waals surface area contributed by atoms with E-state index in [9.17, 15) is 9.59 Å². The maximum absolute atomic E-state index is 11.9. The van der Waals surface area contributed by atoms with Gasteiger partial charge in [0.05, 0.1) is 13.2 Å². The Labute approximate surface area is 300 Å². The number of ether oxygens (including phenoxy) is 2. The quantitative estimate of drug-likeness (QED) is 0.0371. The zero-order valence-corrected chi connectivity index (χ0v) is 33.0. The zero-order chi connectivity index (χ0) is 35.2. The molecule has 0 unspecified atom stereocenters. The van der Waals surface area contributed by atoms with Gasteiger partial charge in [-0.05, 0) is 24.7 Å². The fraction of sp³-hybridized carbons (Fsp3) is 0.909. The average Bonchev–Trinajstić information content (AvgIpc) is 3.05. The van der Waals surface area contributed by atoms with Crippen LogP contribution in [0.1, 0.15) is 233 Å². The lowest BCUT2D eigenvalue weighted by Gasteiger charge is -2.05. The van der Waals surface area contributed by atoms with Gasteiger partial charge >= 0.3 is 11.9 Å². The van der Waals surface area contributed by atoms with Gasteiger partial charge in [-0.25, -0.2) is 9.59 Å². The minimum absolute atomic E-state index is 0.425. The normalized spacial score (nSPS) is 11.7. The second-order valence-electron chi connectivity index (χ2n) is 15.6. The molecule has 0 bridgehead atoms. The van der Waals surface area contributed by atoms with Crippen LogP contribution < -0.4 is 0 Å². The van der Waals surface area contributed by atoms with Crippen molar-refractivity contribution in [1.82, 2.24) is 0 Å². The summed E-state index contributed by atoms with van der Waals surface area (Å²) in [5.41, 5.74) is 0. The first-order valence-electron chi connectivity index (χ1n) is 21.4. The zero-order valence-electron chi connectivity index (χ0n) is 33.0. The summed E-state index contributed by atoms with van der Waals surface area (Å²) in [7, 11) is 0. The van der Waals surface area contributed by atoms with E-state index in [1.165, 1.54) is 192 Å². The maximum atomic E-state index is 11.9. The summed E-state index contributed by atoms with van der Waals surface area (Å²) < 4.78 is 10.5. The Kier molecular flexibility index (Phi) is 37.4. The van der Waals surface area contributed by atoms with Crippen molar-refractivity contribution in [1.29, 1.82) is 0 Å². The van der Waals surface area contributed by atoms with Gasteiger partial charge in [0.2, 0.25) is 0 Å². The van der Waals surface area contributed by atoms with Gasteiger partial charge in [0.15, 0.2) is 0 Å². The summed E-state index contributed by atoms with van der Waals surface area (Å²) in [5.74, 6) is 0.816. The highest BCUT2D eigenvalue weighted by molar-refractivity contribution is 5.91. The van der Waals surface area contributed by atoms with E-state index >= 15 is 0 Å². The summed E-state index contributed by atoms with van der Waals surface area (Å²) in [6.45, 7) is 10.1. The molecule has 0 radical (unpaired) electrons. The number of carbonyl (C=O) groups is 2. The van der Waals surface area contributed by atoms with Crippen LogP contribution in [0.3, 0.4) is 0 Å². The Balaban J connectivity index is 3.32. The molecule has 0 N–H and O–H groups in total. The molecule has 48 heavy (non-hydrogen) atoms. The van der Waals surface area contributed by atoms with Crippen molar-refractivity contribution in [3.63, 3.8) is 0 Å². The molecule has 0 heterocycles. The maximum Gasteiger partial charge on any atom is 0.331 e. The third-order valence-corrected chi connectivity index (χ3v) is 9.70. The van der Waals surface area contributed by atoms with Crippen LogP contribution >= 0.6 is 0 Å². The van der Waals surface area contributed by atoms with Crippen molar-refractivity contribution in [3.05, 3.63) is 12.2 Å². The minimum Gasteiger partial charge on any atom is -0.463 e. The molecule has 0 saturated heterocycles. The minimum atomic E-state index is -0.453. The molecular weight excluding hydrogens is 592 g/mol. The largest absolute Gasteiger partial charge is 0.463 e. The number of esters is 2. The number of unbranched alkanes of at least 4 members (excludes halogenated alkanes) is 28. The van der Waals surface area contributed by atoms with E-state index in [2.05, 4.69) is 27.7 Å². The molecule has 0 spiro atoms. The van der Waals surface area contributed by atoms with E-state index in [4.69, 9.17) is 9.47 Å². The predicted molar refractivity (Wildman–Crippen MR) is 208 cm³/mol. The van der Waals surface area contributed by atoms with E-state index in [0.29, 0.717) is 13.2 Å². The first kappa shape index (κ1) is 46.7.